The molecule has 0 aliphatic carbocycles. The van der Waals surface area contributed by atoms with Crippen LogP contribution in [0.1, 0.15) is 33.1 Å². The van der Waals surface area contributed by atoms with Crippen molar-refractivity contribution >= 4 is 57.6 Å². The van der Waals surface area contributed by atoms with Crippen LogP contribution in [-0.2, 0) is 33.5 Å². The maximum atomic E-state index is 13.9. The van der Waals surface area contributed by atoms with Gasteiger partial charge in [-0.05, 0) is 33.1 Å². The first kappa shape index (κ1) is 32.7. The third-order valence-electron chi connectivity index (χ3n) is 7.61. The van der Waals surface area contributed by atoms with Crippen LogP contribution in [0.15, 0.2) is 5.10 Å². The molecule has 0 aromatic rings. The summed E-state index contributed by atoms with van der Waals surface area (Å²) in [4.78, 5) is 80.0. The second-order valence-electron chi connectivity index (χ2n) is 10.9. The number of hydrazone groups is 1. The number of carbonyl (C=O) groups is 6. The van der Waals surface area contributed by atoms with E-state index in [-0.39, 0.29) is 24.2 Å². The molecule has 19 heteroatoms. The van der Waals surface area contributed by atoms with E-state index >= 15 is 0 Å². The van der Waals surface area contributed by atoms with Crippen LogP contribution >= 0.6 is 15.9 Å². The molecular formula is C24H35BrN8O10. The van der Waals surface area contributed by atoms with E-state index in [1.165, 1.54) is 6.92 Å². The summed E-state index contributed by atoms with van der Waals surface area (Å²) in [6.45, 7) is 1.12. The van der Waals surface area contributed by atoms with E-state index in [1.54, 1.807) is 0 Å². The fourth-order valence-corrected chi connectivity index (χ4v) is 5.60. The quantitative estimate of drug-likeness (QED) is 0.102. The molecule has 4 rings (SSSR count). The first-order chi connectivity index (χ1) is 20.3. The van der Waals surface area contributed by atoms with Gasteiger partial charge >= 0.3 is 5.97 Å². The van der Waals surface area contributed by atoms with Gasteiger partial charge < -0.3 is 30.7 Å². The monoisotopic (exact) mass is 674 g/mol. The van der Waals surface area contributed by atoms with Crippen molar-refractivity contribution in [2.45, 2.75) is 79.9 Å². The number of rotatable bonds is 1. The lowest BCUT2D eigenvalue weighted by Crippen LogP contribution is -2.70. The minimum Gasteiger partial charge on any atom is -0.454 e. The number of carbonyl (C=O) groups excluding carboxylic acids is 6. The molecule has 238 valence electrons. The Kier molecular flexibility index (Phi) is 10.0. The maximum absolute atomic E-state index is 13.9. The summed E-state index contributed by atoms with van der Waals surface area (Å²) in [5.41, 5.74) is 3.71. The topological polar surface area (TPSA) is 243 Å². The van der Waals surface area contributed by atoms with Gasteiger partial charge in [0.2, 0.25) is 11.8 Å². The van der Waals surface area contributed by atoms with Crippen LogP contribution in [0.3, 0.4) is 0 Å². The molecule has 0 aromatic heterocycles. The van der Waals surface area contributed by atoms with E-state index in [2.05, 4.69) is 42.5 Å². The van der Waals surface area contributed by atoms with Crippen LogP contribution < -0.4 is 21.5 Å². The molecule has 0 aromatic carbocycles. The summed E-state index contributed by atoms with van der Waals surface area (Å²) in [6.07, 6.45) is -1.89. The second kappa shape index (κ2) is 13.2. The fourth-order valence-electron chi connectivity index (χ4n) is 5.11. The molecule has 0 saturated carbocycles. The Hall–Kier alpha value is -3.23. The number of hydrazine groups is 2. The highest BCUT2D eigenvalue weighted by molar-refractivity contribution is 9.09. The van der Waals surface area contributed by atoms with E-state index in [0.29, 0.717) is 18.0 Å². The lowest BCUT2D eigenvalue weighted by atomic mass is 9.99. The smallest absolute Gasteiger partial charge is 0.334 e. The zero-order valence-corrected chi connectivity index (χ0v) is 25.0. The van der Waals surface area contributed by atoms with Crippen molar-refractivity contribution in [2.24, 2.45) is 5.10 Å². The lowest BCUT2D eigenvalue weighted by Gasteiger charge is -2.44. The Morgan fingerprint density at radius 1 is 1.07 bits per heavy atom. The number of aliphatic hydroxyl groups is 3. The zero-order chi connectivity index (χ0) is 31.6. The number of hydrogen-bond acceptors (Lipinski definition) is 13. The molecule has 3 saturated heterocycles. The molecule has 4 aliphatic heterocycles. The van der Waals surface area contributed by atoms with Crippen molar-refractivity contribution in [3.05, 3.63) is 0 Å². The zero-order valence-electron chi connectivity index (χ0n) is 23.4. The number of cyclic esters (lactones) is 1. The van der Waals surface area contributed by atoms with Crippen molar-refractivity contribution in [3.8, 4) is 0 Å². The van der Waals surface area contributed by atoms with E-state index in [1.807, 2.05) is 0 Å². The number of nitrogens with one attached hydrogen (secondary N) is 4. The fraction of sp³-hybridized carbons (Fsp3) is 0.708. The van der Waals surface area contributed by atoms with Crippen LogP contribution in [0, 0.1) is 0 Å². The van der Waals surface area contributed by atoms with Gasteiger partial charge in [-0.1, -0.05) is 15.9 Å². The van der Waals surface area contributed by atoms with E-state index in [4.69, 9.17) is 4.74 Å². The van der Waals surface area contributed by atoms with Crippen LogP contribution in [0.4, 0.5) is 0 Å². The molecule has 3 fully saturated rings. The van der Waals surface area contributed by atoms with Crippen molar-refractivity contribution < 1.29 is 48.8 Å². The molecule has 5 amide bonds. The normalized spacial score (nSPS) is 36.9. The first-order valence-corrected chi connectivity index (χ1v) is 14.6. The van der Waals surface area contributed by atoms with Gasteiger partial charge in [0.15, 0.2) is 18.2 Å². The molecule has 0 spiro atoms. The Labute approximate surface area is 254 Å². The third kappa shape index (κ3) is 6.65. The highest BCUT2D eigenvalue weighted by Gasteiger charge is 2.47. The van der Waals surface area contributed by atoms with E-state index < -0.39 is 90.6 Å². The molecule has 4 aliphatic rings. The minimum absolute atomic E-state index is 0.135. The van der Waals surface area contributed by atoms with Crippen LogP contribution in [0.5, 0.6) is 0 Å². The van der Waals surface area contributed by atoms with Gasteiger partial charge in [-0.15, -0.1) is 0 Å². The van der Waals surface area contributed by atoms with Gasteiger partial charge in [0.25, 0.3) is 17.7 Å². The SMILES string of the molecule is CC1NC(=O)C2C(O)C(O)C=NN2C(=O)COC(=O)C(C)(CO)NC(=O)C2CCCNN2C(=O)C2CC(Br)CNN2C1=O. The van der Waals surface area contributed by atoms with Gasteiger partial charge in [0, 0.05) is 17.9 Å². The summed E-state index contributed by atoms with van der Waals surface area (Å²) in [7, 11) is 0. The molecule has 0 bridgehead atoms. The summed E-state index contributed by atoms with van der Waals surface area (Å²) in [5.74, 6) is -5.53. The first-order valence-electron chi connectivity index (χ1n) is 13.7. The molecule has 0 radical (unpaired) electrons. The second-order valence-corrected chi connectivity index (χ2v) is 12.2. The number of hydrogen-bond donors (Lipinski definition) is 7. The number of ether oxygens (including phenoxy) is 1. The third-order valence-corrected chi connectivity index (χ3v) is 8.31. The van der Waals surface area contributed by atoms with Crippen molar-refractivity contribution in [1.82, 2.24) is 36.5 Å². The van der Waals surface area contributed by atoms with Crippen molar-refractivity contribution in [2.75, 3.05) is 26.3 Å². The van der Waals surface area contributed by atoms with Gasteiger partial charge in [0.05, 0.1) is 12.8 Å². The Bertz CT molecular complexity index is 1190. The molecule has 7 N–H and O–H groups in total. The molecule has 8 unspecified atom stereocenters. The molecular weight excluding hydrogens is 640 g/mol. The Morgan fingerprint density at radius 3 is 2.47 bits per heavy atom. The maximum Gasteiger partial charge on any atom is 0.334 e. The van der Waals surface area contributed by atoms with E-state index in [0.717, 1.165) is 23.2 Å². The molecule has 18 nitrogen and oxygen atoms in total. The number of nitrogens with zero attached hydrogens (tertiary/aromatic N) is 4. The Morgan fingerprint density at radius 2 is 1.77 bits per heavy atom. The van der Waals surface area contributed by atoms with Crippen LogP contribution in [0.2, 0.25) is 0 Å². The summed E-state index contributed by atoms with van der Waals surface area (Å²) >= 11 is 3.45. The van der Waals surface area contributed by atoms with Gasteiger partial charge in [0.1, 0.15) is 30.3 Å². The minimum atomic E-state index is -2.04. The molecule has 43 heavy (non-hydrogen) atoms. The van der Waals surface area contributed by atoms with Crippen LogP contribution in [-0.4, -0.2) is 145 Å². The predicted molar refractivity (Wildman–Crippen MR) is 147 cm³/mol. The Balaban J connectivity index is 1.73. The largest absolute Gasteiger partial charge is 0.454 e. The number of amides is 5. The number of aliphatic hydroxyl groups excluding tert-OH is 3. The highest BCUT2D eigenvalue weighted by atomic mass is 79.9. The van der Waals surface area contributed by atoms with Crippen molar-refractivity contribution in [1.29, 1.82) is 0 Å². The lowest BCUT2D eigenvalue weighted by molar-refractivity contribution is -0.166. The van der Waals surface area contributed by atoms with Gasteiger partial charge in [-0.3, -0.25) is 34.0 Å². The van der Waals surface area contributed by atoms with Crippen molar-refractivity contribution in [3.63, 3.8) is 0 Å². The molecule has 4 heterocycles. The van der Waals surface area contributed by atoms with Gasteiger partial charge in [-0.25, -0.2) is 20.7 Å². The average molecular weight is 675 g/mol. The number of alkyl halides is 1. The van der Waals surface area contributed by atoms with Crippen LogP contribution in [0.25, 0.3) is 0 Å². The number of halogens is 1. The molecule has 8 atom stereocenters. The number of fused-ring (bicyclic) bond motifs is 3. The standard InChI is InChI=1S/C24H35BrN8O10/c1-11-21(40)32-14(6-12(25)7-27-32)22(41)31-13(4-3-5-26-31)19(38)30-24(2,10-34)23(42)43-9-16(36)33-17(20(39)29-11)18(37)15(35)8-28-33/h8,11-15,17-18,26-27,34-35,37H,3-7,9-10H2,1-2H3,(H,29,39)(H,30,38). The summed E-state index contributed by atoms with van der Waals surface area (Å²) in [6, 6.07) is -5.42. The predicted octanol–water partition coefficient (Wildman–Crippen LogP) is -4.80. The summed E-state index contributed by atoms with van der Waals surface area (Å²) in [5, 5.41) is 41.9. The highest BCUT2D eigenvalue weighted by Crippen LogP contribution is 2.23. The van der Waals surface area contributed by atoms with E-state index in [9.17, 15) is 44.1 Å². The summed E-state index contributed by atoms with van der Waals surface area (Å²) < 4.78 is 5.05. The van der Waals surface area contributed by atoms with Gasteiger partial charge in [-0.2, -0.15) is 5.10 Å². The number of esters is 1. The average Bonchev–Trinajstić information content (AvgIpc) is 2.99.